The van der Waals surface area contributed by atoms with Gasteiger partial charge in [0.2, 0.25) is 10.0 Å². The standard InChI is InChI=1S/C33H54N6O4S/c1-8-9-14-33(36(4)5)15-19-38(20-16-33)22-21-37(6)30-13-17-34-32(35-30)43-25-28-12-10-11-18-39(28)44(40,41)31-26(2)23-29(42-7)24-27(31)3/h13,17,23-24,28H,8-12,14-16,18-22,25H2,1-7H3. The number of ether oxygens (including phenoxy) is 2. The minimum absolute atomic E-state index is 0.208. The van der Waals surface area contributed by atoms with E-state index in [1.165, 1.54) is 32.1 Å². The number of hydrogen-bond donors (Lipinski definition) is 0. The number of aryl methyl sites for hydroxylation is 2. The molecule has 2 aliphatic rings. The van der Waals surface area contributed by atoms with Crippen molar-refractivity contribution in [3.05, 3.63) is 35.5 Å². The molecule has 1 aromatic heterocycles. The third kappa shape index (κ3) is 8.02. The van der Waals surface area contributed by atoms with Crippen molar-refractivity contribution < 1.29 is 17.9 Å². The molecule has 0 saturated carbocycles. The Morgan fingerprint density at radius 3 is 2.41 bits per heavy atom. The summed E-state index contributed by atoms with van der Waals surface area (Å²) in [5.74, 6) is 1.46. The van der Waals surface area contributed by atoms with Crippen LogP contribution in [0, 0.1) is 13.8 Å². The number of nitrogens with zero attached hydrogens (tertiary/aromatic N) is 6. The van der Waals surface area contributed by atoms with E-state index < -0.39 is 10.0 Å². The maximum Gasteiger partial charge on any atom is 0.318 e. The van der Waals surface area contributed by atoms with Crippen LogP contribution in [0.1, 0.15) is 69.4 Å². The highest BCUT2D eigenvalue weighted by atomic mass is 32.2. The lowest BCUT2D eigenvalue weighted by Crippen LogP contribution is -2.53. The minimum Gasteiger partial charge on any atom is -0.497 e. The zero-order chi connectivity index (χ0) is 31.9. The van der Waals surface area contributed by atoms with Gasteiger partial charge in [-0.05, 0) is 102 Å². The second-order valence-corrected chi connectivity index (χ2v) is 14.7. The SMILES string of the molecule is CCCCC1(N(C)C)CCN(CCN(C)c2ccnc(OCC3CCCCN3S(=O)(=O)c3c(C)cc(OC)cc3C)n2)CC1. The van der Waals surface area contributed by atoms with Crippen LogP contribution in [-0.2, 0) is 10.0 Å². The number of anilines is 1. The Morgan fingerprint density at radius 1 is 1.07 bits per heavy atom. The molecule has 11 heteroatoms. The van der Waals surface area contributed by atoms with Crippen molar-refractivity contribution in [1.29, 1.82) is 0 Å². The average molecular weight is 631 g/mol. The number of methoxy groups -OCH3 is 1. The van der Waals surface area contributed by atoms with E-state index >= 15 is 0 Å². The van der Waals surface area contributed by atoms with Crippen molar-refractivity contribution in [3.8, 4) is 11.8 Å². The lowest BCUT2D eigenvalue weighted by molar-refractivity contribution is 0.0485. The summed E-state index contributed by atoms with van der Waals surface area (Å²) in [6.45, 7) is 10.7. The highest BCUT2D eigenvalue weighted by Gasteiger charge is 2.37. The topological polar surface area (TPSA) is 91.3 Å². The van der Waals surface area contributed by atoms with Gasteiger partial charge >= 0.3 is 6.01 Å². The van der Waals surface area contributed by atoms with Gasteiger partial charge in [0, 0.05) is 38.4 Å². The number of hydrogen-bond acceptors (Lipinski definition) is 9. The molecule has 0 radical (unpaired) electrons. The van der Waals surface area contributed by atoms with E-state index in [1.54, 1.807) is 29.7 Å². The quantitative estimate of drug-likeness (QED) is 0.293. The first-order chi connectivity index (χ1) is 21.0. The Kier molecular flexibility index (Phi) is 11.9. The van der Waals surface area contributed by atoms with Gasteiger partial charge in [-0.25, -0.2) is 13.4 Å². The number of unbranched alkanes of at least 4 members (excludes halogenated alkanes) is 1. The van der Waals surface area contributed by atoms with Gasteiger partial charge in [-0.1, -0.05) is 26.2 Å². The highest BCUT2D eigenvalue weighted by Crippen LogP contribution is 2.33. The fourth-order valence-corrected chi connectivity index (χ4v) is 8.91. The van der Waals surface area contributed by atoms with Gasteiger partial charge in [0.05, 0.1) is 18.0 Å². The number of likely N-dealkylation sites (N-methyl/N-ethyl adjacent to an activating group) is 1. The molecule has 3 heterocycles. The second-order valence-electron chi connectivity index (χ2n) is 12.8. The normalized spacial score (nSPS) is 19.7. The molecule has 4 rings (SSSR count). The first-order valence-corrected chi connectivity index (χ1v) is 17.7. The molecule has 1 atom stereocenters. The molecule has 1 unspecified atom stereocenters. The predicted molar refractivity (Wildman–Crippen MR) is 176 cm³/mol. The van der Waals surface area contributed by atoms with Crippen LogP contribution in [0.25, 0.3) is 0 Å². The first-order valence-electron chi connectivity index (χ1n) is 16.2. The van der Waals surface area contributed by atoms with Crippen molar-refractivity contribution >= 4 is 15.8 Å². The van der Waals surface area contributed by atoms with Gasteiger partial charge in [0.25, 0.3) is 0 Å². The fraction of sp³-hybridized carbons (Fsp3) is 0.697. The maximum absolute atomic E-state index is 13.9. The van der Waals surface area contributed by atoms with Gasteiger partial charge in [-0.3, -0.25) is 0 Å². The van der Waals surface area contributed by atoms with E-state index in [4.69, 9.17) is 9.47 Å². The second kappa shape index (κ2) is 15.2. The molecule has 10 nitrogen and oxygen atoms in total. The molecule has 0 spiro atoms. The molecule has 0 amide bonds. The number of rotatable bonds is 14. The molecular weight excluding hydrogens is 576 g/mol. The number of piperidine rings is 2. The Labute approximate surface area is 265 Å². The van der Waals surface area contributed by atoms with Crippen molar-refractivity contribution in [2.45, 2.75) is 88.6 Å². The molecule has 2 fully saturated rings. The van der Waals surface area contributed by atoms with E-state index in [0.29, 0.717) is 33.9 Å². The summed E-state index contributed by atoms with van der Waals surface area (Å²) in [5, 5.41) is 0. The summed E-state index contributed by atoms with van der Waals surface area (Å²) in [6.07, 6.45) is 10.5. The van der Waals surface area contributed by atoms with E-state index in [0.717, 1.165) is 51.3 Å². The van der Waals surface area contributed by atoms with Gasteiger partial charge in [0.1, 0.15) is 18.2 Å². The Bertz CT molecular complexity index is 1310. The van der Waals surface area contributed by atoms with Crippen molar-refractivity contribution in [2.75, 3.05) is 72.5 Å². The maximum atomic E-state index is 13.9. The van der Waals surface area contributed by atoms with E-state index in [9.17, 15) is 8.42 Å². The molecule has 0 aliphatic carbocycles. The summed E-state index contributed by atoms with van der Waals surface area (Å²) >= 11 is 0. The van der Waals surface area contributed by atoms with Crippen LogP contribution in [0.4, 0.5) is 5.82 Å². The average Bonchev–Trinajstić information content (AvgIpc) is 3.01. The highest BCUT2D eigenvalue weighted by molar-refractivity contribution is 7.89. The third-order valence-electron chi connectivity index (χ3n) is 9.71. The van der Waals surface area contributed by atoms with Crippen LogP contribution >= 0.6 is 0 Å². The molecule has 246 valence electrons. The minimum atomic E-state index is -3.72. The Balaban J connectivity index is 1.35. The summed E-state index contributed by atoms with van der Waals surface area (Å²) in [6, 6.07) is 5.45. The van der Waals surface area contributed by atoms with Crippen LogP contribution < -0.4 is 14.4 Å². The monoisotopic (exact) mass is 630 g/mol. The molecule has 44 heavy (non-hydrogen) atoms. The molecule has 2 saturated heterocycles. The Morgan fingerprint density at radius 2 is 1.77 bits per heavy atom. The third-order valence-corrected chi connectivity index (χ3v) is 12.0. The predicted octanol–water partition coefficient (Wildman–Crippen LogP) is 4.75. The first kappa shape index (κ1) is 34.4. The summed E-state index contributed by atoms with van der Waals surface area (Å²) in [7, 11) is 4.40. The summed E-state index contributed by atoms with van der Waals surface area (Å²) in [4.78, 5) is 16.5. The summed E-state index contributed by atoms with van der Waals surface area (Å²) in [5.41, 5.74) is 1.70. The van der Waals surface area contributed by atoms with Gasteiger partial charge in [-0.2, -0.15) is 9.29 Å². The van der Waals surface area contributed by atoms with Gasteiger partial charge < -0.3 is 24.2 Å². The van der Waals surface area contributed by atoms with Gasteiger partial charge in [-0.15, -0.1) is 0 Å². The van der Waals surface area contributed by atoms with E-state index in [2.05, 4.69) is 52.7 Å². The van der Waals surface area contributed by atoms with Crippen LogP contribution in [0.2, 0.25) is 0 Å². The zero-order valence-corrected chi connectivity index (χ0v) is 28.8. The summed E-state index contributed by atoms with van der Waals surface area (Å²) < 4.78 is 40.8. The number of likely N-dealkylation sites (tertiary alicyclic amines) is 1. The number of aromatic nitrogens is 2. The molecule has 2 aromatic rings. The molecule has 0 bridgehead atoms. The largest absolute Gasteiger partial charge is 0.497 e. The fourth-order valence-electron chi connectivity index (χ4n) is 6.82. The van der Waals surface area contributed by atoms with E-state index in [1.807, 2.05) is 19.9 Å². The number of sulfonamides is 1. The van der Waals surface area contributed by atoms with Gasteiger partial charge in [0.15, 0.2) is 0 Å². The van der Waals surface area contributed by atoms with Crippen molar-refractivity contribution in [3.63, 3.8) is 0 Å². The van der Waals surface area contributed by atoms with E-state index in [-0.39, 0.29) is 18.7 Å². The smallest absolute Gasteiger partial charge is 0.318 e. The van der Waals surface area contributed by atoms with Crippen molar-refractivity contribution in [1.82, 2.24) is 24.1 Å². The van der Waals surface area contributed by atoms with Crippen molar-refractivity contribution in [2.24, 2.45) is 0 Å². The molecule has 2 aliphatic heterocycles. The van der Waals surface area contributed by atoms with Crippen LogP contribution in [0.5, 0.6) is 11.8 Å². The molecule has 0 N–H and O–H groups in total. The number of benzene rings is 1. The molecular formula is C33H54N6O4S. The Hall–Kier alpha value is -2.47. The molecule has 1 aromatic carbocycles. The van der Waals surface area contributed by atoms with Crippen LogP contribution in [0.3, 0.4) is 0 Å². The zero-order valence-electron chi connectivity index (χ0n) is 28.0. The van der Waals surface area contributed by atoms with Crippen LogP contribution in [0.15, 0.2) is 29.3 Å². The lowest BCUT2D eigenvalue weighted by atomic mass is 9.82. The lowest BCUT2D eigenvalue weighted by Gasteiger charge is -2.46. The van der Waals surface area contributed by atoms with Crippen LogP contribution in [-0.4, -0.2) is 112 Å².